The van der Waals surface area contributed by atoms with Crippen molar-refractivity contribution in [2.45, 2.75) is 19.8 Å². The van der Waals surface area contributed by atoms with Crippen molar-refractivity contribution in [2.24, 2.45) is 0 Å². The van der Waals surface area contributed by atoms with Crippen molar-refractivity contribution >= 4 is 17.3 Å². The molecule has 21 heavy (non-hydrogen) atoms. The van der Waals surface area contributed by atoms with Crippen LogP contribution in [0.4, 0.5) is 11.4 Å². The van der Waals surface area contributed by atoms with Crippen molar-refractivity contribution in [3.8, 4) is 0 Å². The maximum atomic E-state index is 11.9. The molecule has 0 spiro atoms. The largest absolute Gasteiger partial charge is 0.398 e. The number of hydrogen-bond donors (Lipinski definition) is 2. The lowest BCUT2D eigenvalue weighted by Crippen LogP contribution is -2.29. The van der Waals surface area contributed by atoms with Gasteiger partial charge in [-0.15, -0.1) is 0 Å². The molecule has 1 aromatic rings. The van der Waals surface area contributed by atoms with E-state index in [2.05, 4.69) is 36.3 Å². The minimum absolute atomic E-state index is 0.0460. The number of carbonyl (C=O) groups excluding carboxylic acids is 1. The summed E-state index contributed by atoms with van der Waals surface area (Å²) in [7, 11) is 6.22. The highest BCUT2D eigenvalue weighted by atomic mass is 16.1. The Balaban J connectivity index is 2.30. The molecule has 0 heterocycles. The highest BCUT2D eigenvalue weighted by Gasteiger charge is 2.07. The SMILES string of the molecule is Cc1c(N)cccc1NC(=O)CCCN(C)CCN(C)C. The zero-order chi connectivity index (χ0) is 15.8. The van der Waals surface area contributed by atoms with E-state index >= 15 is 0 Å². The van der Waals surface area contributed by atoms with Gasteiger partial charge in [0.1, 0.15) is 0 Å². The molecular weight excluding hydrogens is 264 g/mol. The molecule has 0 aliphatic rings. The monoisotopic (exact) mass is 292 g/mol. The first kappa shape index (κ1) is 17.5. The summed E-state index contributed by atoms with van der Waals surface area (Å²) in [6.45, 7) is 4.89. The zero-order valence-electron chi connectivity index (χ0n) is 13.6. The summed E-state index contributed by atoms with van der Waals surface area (Å²) in [5.41, 5.74) is 8.27. The molecule has 1 rings (SSSR count). The van der Waals surface area contributed by atoms with Gasteiger partial charge in [-0.25, -0.2) is 0 Å². The van der Waals surface area contributed by atoms with Crippen molar-refractivity contribution in [1.82, 2.24) is 9.80 Å². The molecule has 0 unspecified atom stereocenters. The van der Waals surface area contributed by atoms with E-state index in [1.807, 2.05) is 25.1 Å². The number of likely N-dealkylation sites (N-methyl/N-ethyl adjacent to an activating group) is 2. The second-order valence-electron chi connectivity index (χ2n) is 5.78. The molecular formula is C16H28N4O. The Labute approximate surface area is 128 Å². The summed E-state index contributed by atoms with van der Waals surface area (Å²) in [5, 5.41) is 2.93. The van der Waals surface area contributed by atoms with Crippen LogP contribution in [-0.2, 0) is 4.79 Å². The van der Waals surface area contributed by atoms with Crippen LogP contribution in [0.15, 0.2) is 18.2 Å². The maximum absolute atomic E-state index is 11.9. The van der Waals surface area contributed by atoms with Crippen molar-refractivity contribution in [3.05, 3.63) is 23.8 Å². The molecule has 1 aromatic carbocycles. The van der Waals surface area contributed by atoms with Crippen LogP contribution in [0, 0.1) is 6.92 Å². The number of carbonyl (C=O) groups is 1. The number of anilines is 2. The van der Waals surface area contributed by atoms with Crippen LogP contribution in [0.2, 0.25) is 0 Å². The first-order valence-corrected chi connectivity index (χ1v) is 7.38. The fraction of sp³-hybridized carbons (Fsp3) is 0.562. The summed E-state index contributed by atoms with van der Waals surface area (Å²) in [6.07, 6.45) is 1.39. The maximum Gasteiger partial charge on any atom is 0.224 e. The Bertz CT molecular complexity index is 460. The van der Waals surface area contributed by atoms with Crippen LogP contribution >= 0.6 is 0 Å². The Morgan fingerprint density at radius 2 is 1.90 bits per heavy atom. The first-order chi connectivity index (χ1) is 9.90. The van der Waals surface area contributed by atoms with Crippen LogP contribution in [0.25, 0.3) is 0 Å². The standard InChI is InChI=1S/C16H28N4O/c1-13-14(17)7-5-8-15(13)18-16(21)9-6-10-20(4)12-11-19(2)3/h5,7-8H,6,9-12,17H2,1-4H3,(H,18,21). The number of nitrogens with one attached hydrogen (secondary N) is 1. The van der Waals surface area contributed by atoms with E-state index in [4.69, 9.17) is 5.73 Å². The summed E-state index contributed by atoms with van der Waals surface area (Å²) in [6, 6.07) is 5.57. The van der Waals surface area contributed by atoms with Crippen LogP contribution in [0.3, 0.4) is 0 Å². The molecule has 5 heteroatoms. The number of amides is 1. The van der Waals surface area contributed by atoms with Gasteiger partial charge in [0, 0.05) is 30.9 Å². The van der Waals surface area contributed by atoms with Gasteiger partial charge >= 0.3 is 0 Å². The van der Waals surface area contributed by atoms with Gasteiger partial charge in [-0.1, -0.05) is 6.07 Å². The van der Waals surface area contributed by atoms with Crippen LogP contribution < -0.4 is 11.1 Å². The number of nitrogens with zero attached hydrogens (tertiary/aromatic N) is 2. The summed E-state index contributed by atoms with van der Waals surface area (Å²) >= 11 is 0. The molecule has 0 fully saturated rings. The minimum Gasteiger partial charge on any atom is -0.398 e. The summed E-state index contributed by atoms with van der Waals surface area (Å²) < 4.78 is 0. The predicted octanol–water partition coefficient (Wildman–Crippen LogP) is 1.79. The van der Waals surface area contributed by atoms with Gasteiger partial charge < -0.3 is 20.9 Å². The van der Waals surface area contributed by atoms with Gasteiger partial charge in [0.2, 0.25) is 5.91 Å². The molecule has 0 aromatic heterocycles. The molecule has 0 atom stereocenters. The minimum atomic E-state index is 0.0460. The number of rotatable bonds is 8. The summed E-state index contributed by atoms with van der Waals surface area (Å²) in [4.78, 5) is 16.4. The lowest BCUT2D eigenvalue weighted by Gasteiger charge is -2.19. The topological polar surface area (TPSA) is 61.6 Å². The Morgan fingerprint density at radius 1 is 1.19 bits per heavy atom. The Hall–Kier alpha value is -1.59. The quantitative estimate of drug-likeness (QED) is 0.717. The van der Waals surface area contributed by atoms with Crippen molar-refractivity contribution < 1.29 is 4.79 Å². The highest BCUT2D eigenvalue weighted by Crippen LogP contribution is 2.20. The molecule has 0 radical (unpaired) electrons. The van der Waals surface area contributed by atoms with Crippen molar-refractivity contribution in [3.63, 3.8) is 0 Å². The average Bonchev–Trinajstić information content (AvgIpc) is 2.41. The second kappa shape index (κ2) is 8.64. The van der Waals surface area contributed by atoms with E-state index < -0.39 is 0 Å². The second-order valence-corrected chi connectivity index (χ2v) is 5.78. The average molecular weight is 292 g/mol. The molecule has 0 saturated heterocycles. The third-order valence-corrected chi connectivity index (χ3v) is 3.52. The van der Waals surface area contributed by atoms with Gasteiger partial charge in [-0.05, 0) is 58.7 Å². The molecule has 3 N–H and O–H groups in total. The molecule has 118 valence electrons. The molecule has 0 aliphatic heterocycles. The molecule has 0 aliphatic carbocycles. The number of benzene rings is 1. The van der Waals surface area contributed by atoms with Gasteiger partial charge in [-0.2, -0.15) is 0 Å². The van der Waals surface area contributed by atoms with Gasteiger partial charge in [0.05, 0.1) is 0 Å². The predicted molar refractivity (Wildman–Crippen MR) is 89.5 cm³/mol. The van der Waals surface area contributed by atoms with Gasteiger partial charge in [-0.3, -0.25) is 4.79 Å². The number of nitrogens with two attached hydrogens (primary N) is 1. The molecule has 0 saturated carbocycles. The Morgan fingerprint density at radius 3 is 2.57 bits per heavy atom. The van der Waals surface area contributed by atoms with E-state index in [-0.39, 0.29) is 5.91 Å². The number of nitrogen functional groups attached to an aromatic ring is 1. The van der Waals surface area contributed by atoms with Crippen molar-refractivity contribution in [2.75, 3.05) is 51.8 Å². The fourth-order valence-corrected chi connectivity index (χ4v) is 1.99. The van der Waals surface area contributed by atoms with Gasteiger partial charge in [0.25, 0.3) is 0 Å². The van der Waals surface area contributed by atoms with Crippen molar-refractivity contribution in [1.29, 1.82) is 0 Å². The first-order valence-electron chi connectivity index (χ1n) is 7.38. The zero-order valence-corrected chi connectivity index (χ0v) is 13.6. The third-order valence-electron chi connectivity index (χ3n) is 3.52. The molecule has 1 amide bonds. The van der Waals surface area contributed by atoms with E-state index in [0.29, 0.717) is 12.1 Å². The van der Waals surface area contributed by atoms with E-state index in [1.54, 1.807) is 0 Å². The summed E-state index contributed by atoms with van der Waals surface area (Å²) in [5.74, 6) is 0.0460. The fourth-order valence-electron chi connectivity index (χ4n) is 1.99. The van der Waals surface area contributed by atoms with E-state index in [9.17, 15) is 4.79 Å². The normalized spacial score (nSPS) is 11.1. The molecule has 0 bridgehead atoms. The third kappa shape index (κ3) is 6.60. The van der Waals surface area contributed by atoms with E-state index in [0.717, 1.165) is 37.3 Å². The smallest absolute Gasteiger partial charge is 0.224 e. The van der Waals surface area contributed by atoms with Crippen LogP contribution in [0.5, 0.6) is 0 Å². The molecule has 5 nitrogen and oxygen atoms in total. The highest BCUT2D eigenvalue weighted by molar-refractivity contribution is 5.92. The van der Waals surface area contributed by atoms with Crippen LogP contribution in [-0.4, -0.2) is 56.5 Å². The lowest BCUT2D eigenvalue weighted by molar-refractivity contribution is -0.116. The van der Waals surface area contributed by atoms with E-state index in [1.165, 1.54) is 0 Å². The van der Waals surface area contributed by atoms with Gasteiger partial charge in [0.15, 0.2) is 0 Å². The van der Waals surface area contributed by atoms with Crippen LogP contribution in [0.1, 0.15) is 18.4 Å². The lowest BCUT2D eigenvalue weighted by atomic mass is 10.1. The Kier molecular flexibility index (Phi) is 7.19. The number of hydrogen-bond acceptors (Lipinski definition) is 4.